The van der Waals surface area contributed by atoms with Crippen molar-refractivity contribution in [1.29, 1.82) is 0 Å². The molecule has 0 radical (unpaired) electrons. The van der Waals surface area contributed by atoms with Crippen LogP contribution in [0, 0.1) is 27.7 Å². The van der Waals surface area contributed by atoms with Crippen LogP contribution in [0.3, 0.4) is 0 Å². The number of benzene rings is 2. The second-order valence-electron chi connectivity index (χ2n) is 5.29. The first-order chi connectivity index (χ1) is 8.99. The van der Waals surface area contributed by atoms with Crippen LogP contribution in [0.4, 0.5) is 0 Å². The van der Waals surface area contributed by atoms with Crippen LogP contribution in [0.2, 0.25) is 0 Å². The first-order valence-electron chi connectivity index (χ1n) is 6.64. The maximum Gasteiger partial charge on any atom is 0.167 e. The molecule has 0 saturated carbocycles. The van der Waals surface area contributed by atoms with E-state index in [4.69, 9.17) is 0 Å². The van der Waals surface area contributed by atoms with Crippen LogP contribution in [0.15, 0.2) is 36.4 Å². The third kappa shape index (κ3) is 2.93. The number of rotatable bonds is 3. The predicted octanol–water partition coefficient (Wildman–Crippen LogP) is 4.35. The molecule has 0 amide bonds. The second-order valence-corrected chi connectivity index (χ2v) is 5.29. The van der Waals surface area contributed by atoms with Crippen molar-refractivity contribution in [3.63, 3.8) is 0 Å². The monoisotopic (exact) mass is 252 g/mol. The maximum absolute atomic E-state index is 12.5. The Balaban J connectivity index is 2.31. The molecule has 0 N–H and O–H groups in total. The van der Waals surface area contributed by atoms with Crippen LogP contribution in [0.5, 0.6) is 0 Å². The van der Waals surface area contributed by atoms with Crippen molar-refractivity contribution in [1.82, 2.24) is 0 Å². The highest BCUT2D eigenvalue weighted by molar-refractivity contribution is 5.99. The standard InChI is InChI=1S/C18H20O/c1-12-8-9-16(15(4)10-12)18(19)11-17-13(2)6-5-7-14(17)3/h5-10H,11H2,1-4H3. The minimum absolute atomic E-state index is 0.204. The van der Waals surface area contributed by atoms with Crippen LogP contribution >= 0.6 is 0 Å². The lowest BCUT2D eigenvalue weighted by Crippen LogP contribution is -2.08. The number of hydrogen-bond donors (Lipinski definition) is 0. The number of Topliss-reactive ketones (excluding diaryl/α,β-unsaturated/α-hetero) is 1. The summed E-state index contributed by atoms with van der Waals surface area (Å²) in [6.07, 6.45) is 0.488. The highest BCUT2D eigenvalue weighted by Crippen LogP contribution is 2.18. The highest BCUT2D eigenvalue weighted by Gasteiger charge is 2.12. The van der Waals surface area contributed by atoms with Gasteiger partial charge >= 0.3 is 0 Å². The Bertz CT molecular complexity index is 603. The number of carbonyl (C=O) groups is 1. The van der Waals surface area contributed by atoms with Gasteiger partial charge in [0, 0.05) is 12.0 Å². The maximum atomic E-state index is 12.5. The van der Waals surface area contributed by atoms with Crippen molar-refractivity contribution >= 4 is 5.78 Å². The van der Waals surface area contributed by atoms with Crippen molar-refractivity contribution in [3.05, 3.63) is 69.8 Å². The van der Waals surface area contributed by atoms with E-state index >= 15 is 0 Å². The van der Waals surface area contributed by atoms with Gasteiger partial charge in [-0.1, -0.05) is 42.0 Å². The van der Waals surface area contributed by atoms with Gasteiger partial charge < -0.3 is 0 Å². The molecular formula is C18H20O. The molecule has 0 spiro atoms. The summed E-state index contributed by atoms with van der Waals surface area (Å²) in [7, 11) is 0. The fourth-order valence-corrected chi connectivity index (χ4v) is 2.51. The molecule has 0 atom stereocenters. The van der Waals surface area contributed by atoms with E-state index in [0.717, 1.165) is 16.7 Å². The van der Waals surface area contributed by atoms with Crippen molar-refractivity contribution in [2.75, 3.05) is 0 Å². The average molecular weight is 252 g/mol. The zero-order chi connectivity index (χ0) is 14.0. The Labute approximate surface area is 115 Å². The summed E-state index contributed by atoms with van der Waals surface area (Å²) < 4.78 is 0. The third-order valence-corrected chi connectivity index (χ3v) is 3.66. The van der Waals surface area contributed by atoms with E-state index in [0.29, 0.717) is 6.42 Å². The van der Waals surface area contributed by atoms with Gasteiger partial charge in [0.25, 0.3) is 0 Å². The summed E-state index contributed by atoms with van der Waals surface area (Å²) in [5.74, 6) is 0.204. The summed E-state index contributed by atoms with van der Waals surface area (Å²) in [4.78, 5) is 12.5. The van der Waals surface area contributed by atoms with Gasteiger partial charge in [-0.2, -0.15) is 0 Å². The van der Waals surface area contributed by atoms with Gasteiger partial charge in [0.2, 0.25) is 0 Å². The number of hydrogen-bond acceptors (Lipinski definition) is 1. The Morgan fingerprint density at radius 3 is 2.11 bits per heavy atom. The Hall–Kier alpha value is -1.89. The molecule has 2 aromatic rings. The first kappa shape index (κ1) is 13.5. The van der Waals surface area contributed by atoms with E-state index in [-0.39, 0.29) is 5.78 Å². The first-order valence-corrected chi connectivity index (χ1v) is 6.64. The van der Waals surface area contributed by atoms with Crippen LogP contribution in [0.25, 0.3) is 0 Å². The topological polar surface area (TPSA) is 17.1 Å². The molecule has 98 valence electrons. The molecule has 1 heteroatoms. The highest BCUT2D eigenvalue weighted by atomic mass is 16.1. The van der Waals surface area contributed by atoms with E-state index in [1.54, 1.807) is 0 Å². The Morgan fingerprint density at radius 2 is 1.53 bits per heavy atom. The van der Waals surface area contributed by atoms with Crippen molar-refractivity contribution in [2.45, 2.75) is 34.1 Å². The summed E-state index contributed by atoms with van der Waals surface area (Å²) in [6.45, 7) is 8.19. The molecular weight excluding hydrogens is 232 g/mol. The Kier molecular flexibility index (Phi) is 3.84. The number of aryl methyl sites for hydroxylation is 4. The normalized spacial score (nSPS) is 10.5. The van der Waals surface area contributed by atoms with Crippen LogP contribution in [0.1, 0.15) is 38.2 Å². The quantitative estimate of drug-likeness (QED) is 0.742. The van der Waals surface area contributed by atoms with Gasteiger partial charge in [0.1, 0.15) is 0 Å². The predicted molar refractivity (Wildman–Crippen MR) is 79.9 cm³/mol. The molecule has 0 aliphatic heterocycles. The Morgan fingerprint density at radius 1 is 0.895 bits per heavy atom. The molecule has 0 heterocycles. The average Bonchev–Trinajstić information content (AvgIpc) is 2.33. The molecule has 0 fully saturated rings. The molecule has 0 aliphatic rings. The van der Waals surface area contributed by atoms with Crippen molar-refractivity contribution in [3.8, 4) is 0 Å². The van der Waals surface area contributed by atoms with E-state index in [9.17, 15) is 4.79 Å². The molecule has 0 aliphatic carbocycles. The van der Waals surface area contributed by atoms with Gasteiger partial charge in [0.05, 0.1) is 0 Å². The van der Waals surface area contributed by atoms with E-state index < -0.39 is 0 Å². The van der Waals surface area contributed by atoms with E-state index in [1.165, 1.54) is 16.7 Å². The smallest absolute Gasteiger partial charge is 0.167 e. The summed E-state index contributed by atoms with van der Waals surface area (Å²) in [5.41, 5.74) is 6.65. The molecule has 0 saturated heterocycles. The van der Waals surface area contributed by atoms with Crippen LogP contribution in [-0.2, 0) is 6.42 Å². The molecule has 2 aromatic carbocycles. The summed E-state index contributed by atoms with van der Waals surface area (Å²) in [6, 6.07) is 12.2. The van der Waals surface area contributed by atoms with Crippen molar-refractivity contribution < 1.29 is 4.79 Å². The largest absolute Gasteiger partial charge is 0.294 e. The molecule has 0 bridgehead atoms. The zero-order valence-corrected chi connectivity index (χ0v) is 12.1. The van der Waals surface area contributed by atoms with E-state index in [2.05, 4.69) is 32.0 Å². The van der Waals surface area contributed by atoms with Crippen LogP contribution in [-0.4, -0.2) is 5.78 Å². The van der Waals surface area contributed by atoms with Gasteiger partial charge in [0.15, 0.2) is 5.78 Å². The molecule has 1 nitrogen and oxygen atoms in total. The molecule has 2 rings (SSSR count). The fraction of sp³-hybridized carbons (Fsp3) is 0.278. The third-order valence-electron chi connectivity index (χ3n) is 3.66. The van der Waals surface area contributed by atoms with Crippen molar-refractivity contribution in [2.24, 2.45) is 0 Å². The fourth-order valence-electron chi connectivity index (χ4n) is 2.51. The lowest BCUT2D eigenvalue weighted by Gasteiger charge is -2.10. The minimum Gasteiger partial charge on any atom is -0.294 e. The number of ketones is 1. The van der Waals surface area contributed by atoms with Crippen LogP contribution < -0.4 is 0 Å². The zero-order valence-electron chi connectivity index (χ0n) is 12.1. The van der Waals surface area contributed by atoms with Gasteiger partial charge in [-0.05, 0) is 49.9 Å². The molecule has 19 heavy (non-hydrogen) atoms. The molecule has 0 unspecified atom stereocenters. The summed E-state index contributed by atoms with van der Waals surface area (Å²) in [5, 5.41) is 0. The minimum atomic E-state index is 0.204. The SMILES string of the molecule is Cc1ccc(C(=O)Cc2c(C)cccc2C)c(C)c1. The van der Waals surface area contributed by atoms with E-state index in [1.807, 2.05) is 32.0 Å². The number of carbonyl (C=O) groups excluding carboxylic acids is 1. The lowest BCUT2D eigenvalue weighted by atomic mass is 9.93. The van der Waals surface area contributed by atoms with Gasteiger partial charge in [-0.25, -0.2) is 0 Å². The molecule has 0 aromatic heterocycles. The second kappa shape index (κ2) is 5.40. The lowest BCUT2D eigenvalue weighted by molar-refractivity contribution is 0.0992. The van der Waals surface area contributed by atoms with Gasteiger partial charge in [-0.15, -0.1) is 0 Å². The van der Waals surface area contributed by atoms with Gasteiger partial charge in [-0.3, -0.25) is 4.79 Å². The summed E-state index contributed by atoms with van der Waals surface area (Å²) >= 11 is 0.